The van der Waals surface area contributed by atoms with Crippen LogP contribution in [0.4, 0.5) is 0 Å². The number of rotatable bonds is 2. The van der Waals surface area contributed by atoms with Crippen LogP contribution in [0.2, 0.25) is 0 Å². The molecule has 1 N–H and O–H groups in total. The summed E-state index contributed by atoms with van der Waals surface area (Å²) in [6.07, 6.45) is 0.833. The van der Waals surface area contributed by atoms with Crippen LogP contribution in [-0.2, 0) is 6.42 Å². The van der Waals surface area contributed by atoms with Crippen molar-refractivity contribution in [2.24, 2.45) is 0 Å². The van der Waals surface area contributed by atoms with Crippen molar-refractivity contribution in [3.63, 3.8) is 0 Å². The second-order valence-corrected chi connectivity index (χ2v) is 3.11. The highest BCUT2D eigenvalue weighted by atomic mass is 16.4. The monoisotopic (exact) mass is 192 g/mol. The number of oxazole rings is 1. The number of aryl methyl sites for hydroxylation is 3. The van der Waals surface area contributed by atoms with Gasteiger partial charge in [-0.25, -0.2) is 9.97 Å². The van der Waals surface area contributed by atoms with Crippen LogP contribution in [-0.4, -0.2) is 20.2 Å². The third-order valence-electron chi connectivity index (χ3n) is 1.97. The van der Waals surface area contributed by atoms with Crippen molar-refractivity contribution in [2.45, 2.75) is 27.2 Å². The molecule has 0 fully saturated rings. The fourth-order valence-electron chi connectivity index (χ4n) is 1.29. The van der Waals surface area contributed by atoms with Crippen molar-refractivity contribution in [3.8, 4) is 11.6 Å². The molecule has 5 heteroatoms. The molecule has 0 amide bonds. The van der Waals surface area contributed by atoms with Gasteiger partial charge in [0, 0.05) is 13.3 Å². The summed E-state index contributed by atoms with van der Waals surface area (Å²) in [6, 6.07) is 0. The van der Waals surface area contributed by atoms with Gasteiger partial charge in [0.25, 0.3) is 0 Å². The zero-order chi connectivity index (χ0) is 10.1. The van der Waals surface area contributed by atoms with E-state index in [4.69, 9.17) is 4.42 Å². The van der Waals surface area contributed by atoms with Crippen molar-refractivity contribution < 1.29 is 4.42 Å². The van der Waals surface area contributed by atoms with E-state index in [1.54, 1.807) is 0 Å². The molecule has 2 aromatic heterocycles. The molecule has 0 bridgehead atoms. The average Bonchev–Trinajstić information content (AvgIpc) is 2.71. The highest BCUT2D eigenvalue weighted by molar-refractivity contribution is 5.49. The lowest BCUT2D eigenvalue weighted by molar-refractivity contribution is 0.530. The maximum atomic E-state index is 5.40. The van der Waals surface area contributed by atoms with Gasteiger partial charge in [-0.3, -0.25) is 5.10 Å². The minimum Gasteiger partial charge on any atom is -0.437 e. The predicted molar refractivity (Wildman–Crippen MR) is 50.7 cm³/mol. The quantitative estimate of drug-likeness (QED) is 0.785. The Bertz CT molecular complexity index is 443. The SMILES string of the molecule is CCc1nc(-c2oc(C)nc2C)n[nH]1. The first-order valence-electron chi connectivity index (χ1n) is 4.56. The molecule has 0 spiro atoms. The molecule has 2 aromatic rings. The summed E-state index contributed by atoms with van der Waals surface area (Å²) in [6.45, 7) is 5.71. The van der Waals surface area contributed by atoms with E-state index in [0.29, 0.717) is 17.5 Å². The lowest BCUT2D eigenvalue weighted by Gasteiger charge is -1.87. The number of H-pyrrole nitrogens is 1. The molecule has 0 aliphatic carbocycles. The van der Waals surface area contributed by atoms with Crippen molar-refractivity contribution in [1.29, 1.82) is 0 Å². The number of nitrogens with zero attached hydrogens (tertiary/aromatic N) is 3. The Morgan fingerprint density at radius 1 is 1.29 bits per heavy atom. The van der Waals surface area contributed by atoms with Gasteiger partial charge in [0.05, 0.1) is 5.69 Å². The van der Waals surface area contributed by atoms with Crippen LogP contribution >= 0.6 is 0 Å². The Hall–Kier alpha value is -1.65. The Morgan fingerprint density at radius 3 is 2.57 bits per heavy atom. The van der Waals surface area contributed by atoms with E-state index < -0.39 is 0 Å². The van der Waals surface area contributed by atoms with Gasteiger partial charge >= 0.3 is 0 Å². The summed E-state index contributed by atoms with van der Waals surface area (Å²) in [7, 11) is 0. The van der Waals surface area contributed by atoms with Crippen LogP contribution in [0.5, 0.6) is 0 Å². The standard InChI is InChI=1S/C9H12N4O/c1-4-7-11-9(13-12-7)8-5(2)10-6(3)14-8/h4H2,1-3H3,(H,11,12,13). The summed E-state index contributed by atoms with van der Waals surface area (Å²) in [5, 5.41) is 6.90. The minimum atomic E-state index is 0.583. The first kappa shape index (κ1) is 8.93. The van der Waals surface area contributed by atoms with Gasteiger partial charge in [0.1, 0.15) is 5.82 Å². The predicted octanol–water partition coefficient (Wildman–Crippen LogP) is 1.64. The Balaban J connectivity index is 2.43. The smallest absolute Gasteiger partial charge is 0.218 e. The van der Waals surface area contributed by atoms with E-state index in [2.05, 4.69) is 20.2 Å². The third kappa shape index (κ3) is 1.41. The Morgan fingerprint density at radius 2 is 2.07 bits per heavy atom. The average molecular weight is 192 g/mol. The van der Waals surface area contributed by atoms with Crippen LogP contribution in [0.1, 0.15) is 24.3 Å². The highest BCUT2D eigenvalue weighted by Gasteiger charge is 2.13. The topological polar surface area (TPSA) is 67.6 Å². The molecular weight excluding hydrogens is 180 g/mol. The molecule has 0 aliphatic rings. The summed E-state index contributed by atoms with van der Waals surface area (Å²) >= 11 is 0. The zero-order valence-electron chi connectivity index (χ0n) is 8.46. The fraction of sp³-hybridized carbons (Fsp3) is 0.444. The van der Waals surface area contributed by atoms with Gasteiger partial charge in [-0.1, -0.05) is 6.92 Å². The third-order valence-corrected chi connectivity index (χ3v) is 1.97. The van der Waals surface area contributed by atoms with E-state index in [9.17, 15) is 0 Å². The molecule has 14 heavy (non-hydrogen) atoms. The van der Waals surface area contributed by atoms with Crippen molar-refractivity contribution in [1.82, 2.24) is 20.2 Å². The summed E-state index contributed by atoms with van der Waals surface area (Å²) < 4.78 is 5.40. The van der Waals surface area contributed by atoms with Gasteiger partial charge in [-0.15, -0.1) is 5.10 Å². The number of aromatic amines is 1. The lowest BCUT2D eigenvalue weighted by atomic mass is 10.3. The molecule has 0 saturated heterocycles. The second-order valence-electron chi connectivity index (χ2n) is 3.11. The summed E-state index contributed by atoms with van der Waals surface area (Å²) in [4.78, 5) is 8.43. The first-order valence-corrected chi connectivity index (χ1v) is 4.56. The number of hydrogen-bond donors (Lipinski definition) is 1. The molecule has 0 aliphatic heterocycles. The zero-order valence-corrected chi connectivity index (χ0v) is 8.46. The van der Waals surface area contributed by atoms with Crippen LogP contribution < -0.4 is 0 Å². The van der Waals surface area contributed by atoms with Gasteiger partial charge in [0.15, 0.2) is 11.7 Å². The number of hydrogen-bond acceptors (Lipinski definition) is 4. The number of nitrogens with one attached hydrogen (secondary N) is 1. The normalized spacial score (nSPS) is 10.8. The van der Waals surface area contributed by atoms with Crippen molar-refractivity contribution in [2.75, 3.05) is 0 Å². The molecule has 0 radical (unpaired) electrons. The Labute approximate surface area is 81.6 Å². The molecule has 2 heterocycles. The molecule has 0 atom stereocenters. The Kier molecular flexibility index (Phi) is 2.07. The molecular formula is C9H12N4O. The van der Waals surface area contributed by atoms with Crippen molar-refractivity contribution in [3.05, 3.63) is 17.4 Å². The van der Waals surface area contributed by atoms with Gasteiger partial charge < -0.3 is 4.42 Å². The maximum Gasteiger partial charge on any atom is 0.218 e. The fourth-order valence-corrected chi connectivity index (χ4v) is 1.29. The second kappa shape index (κ2) is 3.25. The van der Waals surface area contributed by atoms with Gasteiger partial charge in [-0.05, 0) is 6.92 Å². The van der Waals surface area contributed by atoms with Crippen LogP contribution in [0, 0.1) is 13.8 Å². The molecule has 0 saturated carbocycles. The lowest BCUT2D eigenvalue weighted by Crippen LogP contribution is -1.82. The van der Waals surface area contributed by atoms with E-state index in [-0.39, 0.29) is 0 Å². The first-order chi connectivity index (χ1) is 6.70. The van der Waals surface area contributed by atoms with Crippen molar-refractivity contribution >= 4 is 0 Å². The van der Waals surface area contributed by atoms with Crippen LogP contribution in [0.3, 0.4) is 0 Å². The molecule has 0 unspecified atom stereocenters. The summed E-state index contributed by atoms with van der Waals surface area (Å²) in [5.74, 6) is 2.73. The van der Waals surface area contributed by atoms with E-state index in [0.717, 1.165) is 17.9 Å². The minimum absolute atomic E-state index is 0.583. The summed E-state index contributed by atoms with van der Waals surface area (Å²) in [5.41, 5.74) is 0.823. The van der Waals surface area contributed by atoms with Gasteiger partial charge in [0.2, 0.25) is 5.82 Å². The molecule has 2 rings (SSSR count). The van der Waals surface area contributed by atoms with Gasteiger partial charge in [-0.2, -0.15) is 0 Å². The maximum absolute atomic E-state index is 5.40. The largest absolute Gasteiger partial charge is 0.437 e. The van der Waals surface area contributed by atoms with E-state index in [1.807, 2.05) is 20.8 Å². The highest BCUT2D eigenvalue weighted by Crippen LogP contribution is 2.20. The van der Waals surface area contributed by atoms with Crippen LogP contribution in [0.15, 0.2) is 4.42 Å². The van der Waals surface area contributed by atoms with E-state index in [1.165, 1.54) is 0 Å². The molecule has 74 valence electrons. The molecule has 5 nitrogen and oxygen atoms in total. The number of aromatic nitrogens is 4. The van der Waals surface area contributed by atoms with E-state index >= 15 is 0 Å². The van der Waals surface area contributed by atoms with Crippen LogP contribution in [0.25, 0.3) is 11.6 Å². The molecule has 0 aromatic carbocycles.